The molecular formula is C11H21FO2S. The van der Waals surface area contributed by atoms with Crippen LogP contribution >= 0.6 is 0 Å². The van der Waals surface area contributed by atoms with Gasteiger partial charge < -0.3 is 0 Å². The van der Waals surface area contributed by atoms with E-state index in [1.807, 2.05) is 0 Å². The monoisotopic (exact) mass is 236 g/mol. The average Bonchev–Trinajstić information content (AvgIpc) is 2.16. The molecule has 0 N–H and O–H groups in total. The van der Waals surface area contributed by atoms with E-state index in [-0.39, 0.29) is 5.92 Å². The highest BCUT2D eigenvalue weighted by molar-refractivity contribution is 7.87. The lowest BCUT2D eigenvalue weighted by Crippen LogP contribution is -2.39. The summed E-state index contributed by atoms with van der Waals surface area (Å²) in [6.45, 7) is 5.18. The first kappa shape index (κ1) is 12.9. The van der Waals surface area contributed by atoms with Gasteiger partial charge in [0.1, 0.15) is 0 Å². The second-order valence-electron chi connectivity index (χ2n) is 5.17. The first-order valence-corrected chi connectivity index (χ1v) is 7.11. The van der Waals surface area contributed by atoms with Crippen LogP contribution in [0.1, 0.15) is 52.9 Å². The summed E-state index contributed by atoms with van der Waals surface area (Å²) >= 11 is 0. The molecule has 0 aromatic heterocycles. The third-order valence-electron chi connectivity index (χ3n) is 4.04. The van der Waals surface area contributed by atoms with E-state index in [1.165, 1.54) is 13.8 Å². The van der Waals surface area contributed by atoms with Crippen LogP contribution in [0.3, 0.4) is 0 Å². The Morgan fingerprint density at radius 3 is 2.00 bits per heavy atom. The smallest absolute Gasteiger partial charge is 0.194 e. The van der Waals surface area contributed by atoms with Gasteiger partial charge in [-0.2, -0.15) is 8.42 Å². The maximum atomic E-state index is 13.1. The maximum Gasteiger partial charge on any atom is 0.307 e. The van der Waals surface area contributed by atoms with Crippen molar-refractivity contribution in [3.63, 3.8) is 0 Å². The standard InChI is InChI=1S/C11H21FO2S/c1-4-9-5-7-10(8-6-9)11(2,3)15(12,13)14/h9-10H,4-8H2,1-3H3. The predicted octanol–water partition coefficient (Wildman–Crippen LogP) is 3.28. The third kappa shape index (κ3) is 2.71. The lowest BCUT2D eigenvalue weighted by atomic mass is 9.76. The van der Waals surface area contributed by atoms with E-state index in [9.17, 15) is 12.3 Å². The summed E-state index contributed by atoms with van der Waals surface area (Å²) in [7, 11) is -4.43. The Morgan fingerprint density at radius 2 is 1.67 bits per heavy atom. The van der Waals surface area contributed by atoms with Crippen molar-refractivity contribution in [3.05, 3.63) is 0 Å². The minimum Gasteiger partial charge on any atom is -0.194 e. The van der Waals surface area contributed by atoms with E-state index in [0.717, 1.165) is 32.1 Å². The Hall–Kier alpha value is -0.120. The highest BCUT2D eigenvalue weighted by Gasteiger charge is 2.43. The minimum atomic E-state index is -4.43. The summed E-state index contributed by atoms with van der Waals surface area (Å²) in [5, 5.41) is 0. The molecule has 1 aliphatic rings. The Morgan fingerprint density at radius 1 is 1.20 bits per heavy atom. The SMILES string of the molecule is CCC1CCC(C(C)(C)S(=O)(=O)F)CC1. The molecular weight excluding hydrogens is 215 g/mol. The average molecular weight is 236 g/mol. The van der Waals surface area contributed by atoms with Crippen molar-refractivity contribution < 1.29 is 12.3 Å². The first-order chi connectivity index (χ1) is 6.79. The normalized spacial score (nSPS) is 29.1. The van der Waals surface area contributed by atoms with Crippen molar-refractivity contribution in [2.45, 2.75) is 57.6 Å². The molecule has 0 bridgehead atoms. The Labute approximate surface area is 92.5 Å². The number of hydrogen-bond donors (Lipinski definition) is 0. The van der Waals surface area contributed by atoms with Crippen molar-refractivity contribution in [2.24, 2.45) is 11.8 Å². The van der Waals surface area contributed by atoms with Crippen LogP contribution in [-0.4, -0.2) is 13.2 Å². The van der Waals surface area contributed by atoms with Crippen molar-refractivity contribution in [2.75, 3.05) is 0 Å². The van der Waals surface area contributed by atoms with Crippen LogP contribution in [-0.2, 0) is 10.2 Å². The van der Waals surface area contributed by atoms with Crippen molar-refractivity contribution in [1.82, 2.24) is 0 Å². The van der Waals surface area contributed by atoms with Gasteiger partial charge in [-0.15, -0.1) is 3.89 Å². The molecule has 0 amide bonds. The summed E-state index contributed by atoms with van der Waals surface area (Å²) in [6.07, 6.45) is 4.92. The Kier molecular flexibility index (Phi) is 3.80. The summed E-state index contributed by atoms with van der Waals surface area (Å²) in [5.74, 6) is 0.690. The van der Waals surface area contributed by atoms with Crippen LogP contribution in [0.15, 0.2) is 0 Å². The molecule has 1 saturated carbocycles. The van der Waals surface area contributed by atoms with Crippen LogP contribution in [0.2, 0.25) is 0 Å². The molecule has 1 rings (SSSR count). The zero-order valence-corrected chi connectivity index (χ0v) is 10.6. The fourth-order valence-corrected chi connectivity index (χ4v) is 3.10. The van der Waals surface area contributed by atoms with E-state index < -0.39 is 15.0 Å². The number of hydrogen-bond acceptors (Lipinski definition) is 2. The van der Waals surface area contributed by atoms with Gasteiger partial charge in [-0.25, -0.2) is 0 Å². The second kappa shape index (κ2) is 4.40. The van der Waals surface area contributed by atoms with Crippen molar-refractivity contribution in [1.29, 1.82) is 0 Å². The predicted molar refractivity (Wildman–Crippen MR) is 59.8 cm³/mol. The lowest BCUT2D eigenvalue weighted by molar-refractivity contribution is 0.227. The lowest BCUT2D eigenvalue weighted by Gasteiger charge is -2.36. The fourth-order valence-electron chi connectivity index (χ4n) is 2.46. The van der Waals surface area contributed by atoms with Crippen molar-refractivity contribution in [3.8, 4) is 0 Å². The highest BCUT2D eigenvalue weighted by atomic mass is 32.3. The van der Waals surface area contributed by atoms with Gasteiger partial charge >= 0.3 is 10.2 Å². The number of rotatable bonds is 3. The number of halogens is 1. The van der Waals surface area contributed by atoms with E-state index >= 15 is 0 Å². The molecule has 90 valence electrons. The second-order valence-corrected chi connectivity index (χ2v) is 7.10. The molecule has 0 spiro atoms. The minimum absolute atomic E-state index is 0.0182. The Bertz CT molecular complexity index is 301. The molecule has 0 radical (unpaired) electrons. The highest BCUT2D eigenvalue weighted by Crippen LogP contribution is 2.40. The quantitative estimate of drug-likeness (QED) is 0.705. The molecule has 0 aliphatic heterocycles. The van der Waals surface area contributed by atoms with Crippen LogP contribution in [0.4, 0.5) is 3.89 Å². The van der Waals surface area contributed by atoms with E-state index in [1.54, 1.807) is 0 Å². The fraction of sp³-hybridized carbons (Fsp3) is 1.00. The van der Waals surface area contributed by atoms with Crippen LogP contribution in [0.5, 0.6) is 0 Å². The van der Waals surface area contributed by atoms with E-state index in [0.29, 0.717) is 5.92 Å². The van der Waals surface area contributed by atoms with Gasteiger partial charge in [0.15, 0.2) is 0 Å². The van der Waals surface area contributed by atoms with E-state index in [2.05, 4.69) is 6.92 Å². The van der Waals surface area contributed by atoms with E-state index in [4.69, 9.17) is 0 Å². The zero-order valence-electron chi connectivity index (χ0n) is 9.79. The molecule has 0 aromatic carbocycles. The molecule has 1 aliphatic carbocycles. The molecule has 0 saturated heterocycles. The molecule has 4 heteroatoms. The zero-order chi connectivity index (χ0) is 11.7. The van der Waals surface area contributed by atoms with Gasteiger partial charge in [0.25, 0.3) is 0 Å². The summed E-state index contributed by atoms with van der Waals surface area (Å²) in [5.41, 5.74) is 0. The summed E-state index contributed by atoms with van der Waals surface area (Å²) in [4.78, 5) is 0. The molecule has 1 fully saturated rings. The van der Waals surface area contributed by atoms with Crippen molar-refractivity contribution >= 4 is 10.2 Å². The van der Waals surface area contributed by atoms with Crippen LogP contribution in [0, 0.1) is 11.8 Å². The van der Waals surface area contributed by atoms with Gasteiger partial charge in [0.05, 0.1) is 4.75 Å². The van der Waals surface area contributed by atoms with Gasteiger partial charge in [-0.1, -0.05) is 26.2 Å². The molecule has 2 nitrogen and oxygen atoms in total. The Balaban J connectivity index is 2.68. The van der Waals surface area contributed by atoms with Gasteiger partial charge in [0.2, 0.25) is 0 Å². The summed E-state index contributed by atoms with van der Waals surface area (Å²) < 4.78 is 34.0. The third-order valence-corrected chi connectivity index (χ3v) is 5.63. The first-order valence-electron chi connectivity index (χ1n) is 5.73. The largest absolute Gasteiger partial charge is 0.307 e. The van der Waals surface area contributed by atoms with Crippen LogP contribution in [0.25, 0.3) is 0 Å². The topological polar surface area (TPSA) is 34.1 Å². The molecule has 0 heterocycles. The molecule has 0 unspecified atom stereocenters. The maximum absolute atomic E-state index is 13.1. The molecule has 0 atom stereocenters. The van der Waals surface area contributed by atoms with Gasteiger partial charge in [-0.05, 0) is 38.5 Å². The van der Waals surface area contributed by atoms with Crippen LogP contribution < -0.4 is 0 Å². The van der Waals surface area contributed by atoms with Gasteiger partial charge in [0, 0.05) is 0 Å². The molecule has 0 aromatic rings. The van der Waals surface area contributed by atoms with Gasteiger partial charge in [-0.3, -0.25) is 0 Å². The summed E-state index contributed by atoms with van der Waals surface area (Å²) in [6, 6.07) is 0. The molecule has 15 heavy (non-hydrogen) atoms.